The SMILES string of the molecule is COc1ccc(-n2ccnc2[C@H](Cc2ccccc2)NC(=O)OC(C)(C)C)cc1. The molecule has 0 spiro atoms. The minimum Gasteiger partial charge on any atom is -0.497 e. The number of nitrogens with zero attached hydrogens (tertiary/aromatic N) is 2. The molecule has 0 unspecified atom stereocenters. The van der Waals surface area contributed by atoms with Gasteiger partial charge in [-0.25, -0.2) is 9.78 Å². The van der Waals surface area contributed by atoms with Crippen molar-refractivity contribution >= 4 is 6.09 Å². The molecule has 0 radical (unpaired) electrons. The van der Waals surface area contributed by atoms with Crippen LogP contribution in [0.25, 0.3) is 5.69 Å². The number of benzene rings is 2. The summed E-state index contributed by atoms with van der Waals surface area (Å²) in [6.45, 7) is 5.53. The molecule has 2 aromatic carbocycles. The Kier molecular flexibility index (Phi) is 6.22. The second-order valence-electron chi connectivity index (χ2n) is 7.74. The Balaban J connectivity index is 1.91. The average molecular weight is 393 g/mol. The number of hydrogen-bond acceptors (Lipinski definition) is 4. The molecule has 0 aliphatic rings. The van der Waals surface area contributed by atoms with Crippen molar-refractivity contribution in [2.45, 2.75) is 38.8 Å². The lowest BCUT2D eigenvalue weighted by Gasteiger charge is -2.24. The van der Waals surface area contributed by atoms with E-state index in [2.05, 4.69) is 10.3 Å². The van der Waals surface area contributed by atoms with Crippen LogP contribution in [-0.4, -0.2) is 28.4 Å². The number of nitrogens with one attached hydrogen (secondary N) is 1. The van der Waals surface area contributed by atoms with Gasteiger partial charge in [-0.2, -0.15) is 0 Å². The summed E-state index contributed by atoms with van der Waals surface area (Å²) < 4.78 is 12.7. The first-order chi connectivity index (χ1) is 13.9. The number of amides is 1. The summed E-state index contributed by atoms with van der Waals surface area (Å²) in [5.41, 5.74) is 1.45. The number of imidazole rings is 1. The highest BCUT2D eigenvalue weighted by Crippen LogP contribution is 2.23. The maximum atomic E-state index is 12.5. The van der Waals surface area contributed by atoms with Gasteiger partial charge in [0.25, 0.3) is 0 Å². The van der Waals surface area contributed by atoms with E-state index in [1.165, 1.54) is 0 Å². The zero-order valence-corrected chi connectivity index (χ0v) is 17.3. The van der Waals surface area contributed by atoms with Crippen molar-refractivity contribution in [3.05, 3.63) is 78.4 Å². The van der Waals surface area contributed by atoms with Crippen molar-refractivity contribution in [1.82, 2.24) is 14.9 Å². The number of methoxy groups -OCH3 is 1. The molecule has 1 N–H and O–H groups in total. The van der Waals surface area contributed by atoms with E-state index in [0.717, 1.165) is 22.8 Å². The van der Waals surface area contributed by atoms with Crippen molar-refractivity contribution in [3.8, 4) is 11.4 Å². The summed E-state index contributed by atoms with van der Waals surface area (Å²) in [5.74, 6) is 1.51. The summed E-state index contributed by atoms with van der Waals surface area (Å²) in [4.78, 5) is 17.0. The van der Waals surface area contributed by atoms with Crippen molar-refractivity contribution in [2.24, 2.45) is 0 Å². The fourth-order valence-corrected chi connectivity index (χ4v) is 3.04. The second kappa shape index (κ2) is 8.82. The first-order valence-corrected chi connectivity index (χ1v) is 9.57. The number of aromatic nitrogens is 2. The number of carbonyl (C=O) groups is 1. The smallest absolute Gasteiger partial charge is 0.408 e. The molecular weight excluding hydrogens is 366 g/mol. The third kappa shape index (κ3) is 5.60. The van der Waals surface area contributed by atoms with Gasteiger partial charge in [-0.1, -0.05) is 30.3 Å². The number of carbonyl (C=O) groups excluding carboxylic acids is 1. The Labute approximate surface area is 171 Å². The summed E-state index contributed by atoms with van der Waals surface area (Å²) in [6.07, 6.45) is 3.73. The molecule has 1 amide bonds. The lowest BCUT2D eigenvalue weighted by molar-refractivity contribution is 0.0500. The summed E-state index contributed by atoms with van der Waals surface area (Å²) in [7, 11) is 1.64. The molecule has 0 aliphatic carbocycles. The highest BCUT2D eigenvalue weighted by atomic mass is 16.6. The largest absolute Gasteiger partial charge is 0.497 e. The first-order valence-electron chi connectivity index (χ1n) is 9.57. The topological polar surface area (TPSA) is 65.4 Å². The van der Waals surface area contributed by atoms with E-state index in [1.54, 1.807) is 13.3 Å². The third-order valence-corrected chi connectivity index (χ3v) is 4.31. The zero-order chi connectivity index (χ0) is 20.9. The normalized spacial score (nSPS) is 12.3. The standard InChI is InChI=1S/C23H27N3O3/c1-23(2,3)29-22(27)25-20(16-17-8-6-5-7-9-17)21-24-14-15-26(21)18-10-12-19(28-4)13-11-18/h5-15,20H,16H2,1-4H3,(H,25,27)/t20-/m0/s1. The lowest BCUT2D eigenvalue weighted by Crippen LogP contribution is -2.36. The van der Waals surface area contributed by atoms with Crippen LogP contribution in [0.1, 0.15) is 38.2 Å². The highest BCUT2D eigenvalue weighted by Gasteiger charge is 2.24. The van der Waals surface area contributed by atoms with Crippen LogP contribution in [-0.2, 0) is 11.2 Å². The van der Waals surface area contributed by atoms with Crippen molar-refractivity contribution in [2.75, 3.05) is 7.11 Å². The Morgan fingerprint density at radius 2 is 1.79 bits per heavy atom. The number of hydrogen-bond donors (Lipinski definition) is 1. The summed E-state index contributed by atoms with van der Waals surface area (Å²) in [6, 6.07) is 17.3. The molecule has 1 aromatic heterocycles. The molecule has 29 heavy (non-hydrogen) atoms. The van der Waals surface area contributed by atoms with E-state index < -0.39 is 11.7 Å². The van der Waals surface area contributed by atoms with E-state index in [0.29, 0.717) is 6.42 Å². The molecule has 0 bridgehead atoms. The number of alkyl carbamates (subject to hydrolysis) is 1. The molecule has 0 saturated heterocycles. The minimum atomic E-state index is -0.577. The van der Waals surface area contributed by atoms with Gasteiger partial charge in [-0.15, -0.1) is 0 Å². The molecule has 0 saturated carbocycles. The van der Waals surface area contributed by atoms with Crippen LogP contribution in [0.2, 0.25) is 0 Å². The van der Waals surface area contributed by atoms with E-state index in [9.17, 15) is 4.79 Å². The minimum absolute atomic E-state index is 0.357. The first kappa shape index (κ1) is 20.5. The quantitative estimate of drug-likeness (QED) is 0.660. The molecule has 6 nitrogen and oxygen atoms in total. The third-order valence-electron chi connectivity index (χ3n) is 4.31. The van der Waals surface area contributed by atoms with Crippen LogP contribution < -0.4 is 10.1 Å². The molecule has 3 aromatic rings. The van der Waals surface area contributed by atoms with Gasteiger partial charge in [0.2, 0.25) is 0 Å². The van der Waals surface area contributed by atoms with Gasteiger partial charge in [-0.05, 0) is 50.6 Å². The molecule has 0 aliphatic heterocycles. The Hall–Kier alpha value is -3.28. The highest BCUT2D eigenvalue weighted by molar-refractivity contribution is 5.68. The van der Waals surface area contributed by atoms with Gasteiger partial charge in [0.05, 0.1) is 13.2 Å². The predicted octanol–water partition coefficient (Wildman–Crippen LogP) is 4.69. The maximum Gasteiger partial charge on any atom is 0.408 e. The fourth-order valence-electron chi connectivity index (χ4n) is 3.04. The van der Waals surface area contributed by atoms with Crippen molar-refractivity contribution in [1.29, 1.82) is 0 Å². The van der Waals surface area contributed by atoms with Crippen LogP contribution in [0.15, 0.2) is 67.0 Å². The van der Waals surface area contributed by atoms with Crippen LogP contribution in [0.3, 0.4) is 0 Å². The van der Waals surface area contributed by atoms with Gasteiger partial charge >= 0.3 is 6.09 Å². The van der Waals surface area contributed by atoms with E-state index >= 15 is 0 Å². The van der Waals surface area contributed by atoms with Crippen molar-refractivity contribution < 1.29 is 14.3 Å². The van der Waals surface area contributed by atoms with Gasteiger partial charge in [0.1, 0.15) is 17.2 Å². The zero-order valence-electron chi connectivity index (χ0n) is 17.3. The monoisotopic (exact) mass is 393 g/mol. The lowest BCUT2D eigenvalue weighted by atomic mass is 10.1. The van der Waals surface area contributed by atoms with E-state index in [1.807, 2.05) is 86.1 Å². The van der Waals surface area contributed by atoms with Gasteiger partial charge < -0.3 is 19.4 Å². The van der Waals surface area contributed by atoms with E-state index in [4.69, 9.17) is 9.47 Å². The number of rotatable bonds is 6. The number of ether oxygens (including phenoxy) is 2. The van der Waals surface area contributed by atoms with E-state index in [-0.39, 0.29) is 6.04 Å². The predicted molar refractivity (Wildman–Crippen MR) is 112 cm³/mol. The van der Waals surface area contributed by atoms with Crippen molar-refractivity contribution in [3.63, 3.8) is 0 Å². The fraction of sp³-hybridized carbons (Fsp3) is 0.304. The van der Waals surface area contributed by atoms with Crippen LogP contribution in [0.5, 0.6) is 5.75 Å². The molecule has 0 fully saturated rings. The Bertz CT molecular complexity index is 928. The second-order valence-corrected chi connectivity index (χ2v) is 7.74. The Morgan fingerprint density at radius 1 is 1.10 bits per heavy atom. The van der Waals surface area contributed by atoms with Gasteiger partial charge in [0.15, 0.2) is 0 Å². The molecule has 1 atom stereocenters. The maximum absolute atomic E-state index is 12.5. The van der Waals surface area contributed by atoms with Crippen LogP contribution in [0, 0.1) is 0 Å². The molecule has 152 valence electrons. The van der Waals surface area contributed by atoms with Gasteiger partial charge in [0, 0.05) is 24.5 Å². The average Bonchev–Trinajstić information content (AvgIpc) is 3.17. The Morgan fingerprint density at radius 3 is 2.41 bits per heavy atom. The van der Waals surface area contributed by atoms with Gasteiger partial charge in [-0.3, -0.25) is 0 Å². The molecule has 6 heteroatoms. The summed E-state index contributed by atoms with van der Waals surface area (Å²) in [5, 5.41) is 2.99. The molecular formula is C23H27N3O3. The van der Waals surface area contributed by atoms with Crippen LogP contribution in [0.4, 0.5) is 4.79 Å². The van der Waals surface area contributed by atoms with Crippen LogP contribution >= 0.6 is 0 Å². The molecule has 1 heterocycles. The summed E-state index contributed by atoms with van der Waals surface area (Å²) >= 11 is 0. The molecule has 3 rings (SSSR count).